The lowest BCUT2D eigenvalue weighted by Gasteiger charge is -2.11. The highest BCUT2D eigenvalue weighted by molar-refractivity contribution is 5.53. The molecule has 2 aromatic rings. The van der Waals surface area contributed by atoms with E-state index in [1.54, 1.807) is 24.3 Å². The number of ether oxygens (including phenoxy) is 2. The van der Waals surface area contributed by atoms with Crippen LogP contribution in [0.15, 0.2) is 42.5 Å². The molecule has 0 aliphatic carbocycles. The molecule has 0 aliphatic heterocycles. The molecule has 0 fully saturated rings. The molecule has 4 nitrogen and oxygen atoms in total. The van der Waals surface area contributed by atoms with Gasteiger partial charge in [-0.25, -0.2) is 0 Å². The maximum atomic E-state index is 5.79. The van der Waals surface area contributed by atoms with E-state index in [0.717, 1.165) is 11.3 Å². The molecular weight excluding hydrogens is 228 g/mol. The van der Waals surface area contributed by atoms with E-state index in [-0.39, 0.29) is 6.79 Å². The number of rotatable bonds is 4. The van der Waals surface area contributed by atoms with Crippen molar-refractivity contribution < 1.29 is 9.47 Å². The van der Waals surface area contributed by atoms with Gasteiger partial charge in [0.2, 0.25) is 6.79 Å². The maximum absolute atomic E-state index is 5.79. The van der Waals surface area contributed by atoms with Crippen molar-refractivity contribution in [2.45, 2.75) is 6.92 Å². The molecule has 4 heteroatoms. The lowest BCUT2D eigenvalue weighted by atomic mass is 10.2. The van der Waals surface area contributed by atoms with Crippen LogP contribution in [0.5, 0.6) is 11.5 Å². The normalized spacial score (nSPS) is 10.1. The molecule has 0 aliphatic rings. The van der Waals surface area contributed by atoms with Gasteiger partial charge in [0.15, 0.2) is 0 Å². The van der Waals surface area contributed by atoms with Crippen LogP contribution < -0.4 is 20.9 Å². The smallest absolute Gasteiger partial charge is 0.230 e. The summed E-state index contributed by atoms with van der Waals surface area (Å²) >= 11 is 0. The molecule has 0 bridgehead atoms. The molecule has 2 rings (SSSR count). The molecule has 0 heterocycles. The highest BCUT2D eigenvalue weighted by atomic mass is 16.7. The Morgan fingerprint density at radius 1 is 0.944 bits per heavy atom. The van der Waals surface area contributed by atoms with Crippen molar-refractivity contribution in [1.29, 1.82) is 0 Å². The summed E-state index contributed by atoms with van der Waals surface area (Å²) in [6.45, 7) is 2.04. The molecule has 94 valence electrons. The molecule has 0 radical (unpaired) electrons. The van der Waals surface area contributed by atoms with E-state index in [0.29, 0.717) is 17.1 Å². The number of nitrogens with two attached hydrogens (primary N) is 2. The highest BCUT2D eigenvalue weighted by Gasteiger charge is 2.02. The van der Waals surface area contributed by atoms with Gasteiger partial charge < -0.3 is 20.9 Å². The van der Waals surface area contributed by atoms with Crippen molar-refractivity contribution in [1.82, 2.24) is 0 Å². The summed E-state index contributed by atoms with van der Waals surface area (Å²) in [6, 6.07) is 12.7. The standard InChI is InChI=1S/C14H16N2O2/c1-10-13(16)3-2-4-14(10)18-9-17-12-7-5-11(15)6-8-12/h2-8H,9,15-16H2,1H3. The zero-order valence-electron chi connectivity index (χ0n) is 10.2. The van der Waals surface area contributed by atoms with E-state index >= 15 is 0 Å². The minimum absolute atomic E-state index is 0.133. The van der Waals surface area contributed by atoms with E-state index in [1.165, 1.54) is 0 Å². The average molecular weight is 244 g/mol. The average Bonchev–Trinajstić information content (AvgIpc) is 2.37. The van der Waals surface area contributed by atoms with Gasteiger partial charge in [0.1, 0.15) is 11.5 Å². The van der Waals surface area contributed by atoms with E-state index in [4.69, 9.17) is 20.9 Å². The van der Waals surface area contributed by atoms with E-state index < -0.39 is 0 Å². The van der Waals surface area contributed by atoms with Crippen molar-refractivity contribution in [2.24, 2.45) is 0 Å². The summed E-state index contributed by atoms with van der Waals surface area (Å²) in [5, 5.41) is 0. The molecule has 18 heavy (non-hydrogen) atoms. The van der Waals surface area contributed by atoms with Crippen molar-refractivity contribution in [3.8, 4) is 11.5 Å². The molecule has 0 atom stereocenters. The predicted octanol–water partition coefficient (Wildman–Crippen LogP) is 2.57. The van der Waals surface area contributed by atoms with Crippen LogP contribution in [-0.4, -0.2) is 6.79 Å². The van der Waals surface area contributed by atoms with Crippen molar-refractivity contribution >= 4 is 11.4 Å². The van der Waals surface area contributed by atoms with Gasteiger partial charge in [-0.05, 0) is 43.3 Å². The van der Waals surface area contributed by atoms with Crippen LogP contribution in [0.3, 0.4) is 0 Å². The number of hydrogen-bond donors (Lipinski definition) is 2. The summed E-state index contributed by atoms with van der Waals surface area (Å²) in [4.78, 5) is 0. The topological polar surface area (TPSA) is 70.5 Å². The van der Waals surface area contributed by atoms with Gasteiger partial charge in [-0.1, -0.05) is 6.07 Å². The Labute approximate surface area is 106 Å². The minimum Gasteiger partial charge on any atom is -0.457 e. The number of anilines is 2. The van der Waals surface area contributed by atoms with Gasteiger partial charge >= 0.3 is 0 Å². The Morgan fingerprint density at radius 3 is 2.39 bits per heavy atom. The van der Waals surface area contributed by atoms with Crippen molar-refractivity contribution in [3.63, 3.8) is 0 Å². The minimum atomic E-state index is 0.133. The Balaban J connectivity index is 1.92. The number of hydrogen-bond acceptors (Lipinski definition) is 4. The Bertz CT molecular complexity index is 524. The fraction of sp³-hybridized carbons (Fsp3) is 0.143. The van der Waals surface area contributed by atoms with Gasteiger partial charge in [-0.2, -0.15) is 0 Å². The first-order chi connectivity index (χ1) is 8.66. The lowest BCUT2D eigenvalue weighted by molar-refractivity contribution is 0.119. The number of nitrogen functional groups attached to an aromatic ring is 2. The quantitative estimate of drug-likeness (QED) is 0.640. The van der Waals surface area contributed by atoms with Crippen LogP contribution in [0.2, 0.25) is 0 Å². The number of benzene rings is 2. The van der Waals surface area contributed by atoms with Crippen LogP contribution in [0, 0.1) is 6.92 Å². The predicted molar refractivity (Wildman–Crippen MR) is 72.6 cm³/mol. The lowest BCUT2D eigenvalue weighted by Crippen LogP contribution is -2.07. The SMILES string of the molecule is Cc1c(N)cccc1OCOc1ccc(N)cc1. The Kier molecular flexibility index (Phi) is 3.57. The second-order valence-corrected chi connectivity index (χ2v) is 3.95. The largest absolute Gasteiger partial charge is 0.457 e. The highest BCUT2D eigenvalue weighted by Crippen LogP contribution is 2.23. The maximum Gasteiger partial charge on any atom is 0.230 e. The molecule has 4 N–H and O–H groups in total. The van der Waals surface area contributed by atoms with Crippen LogP contribution in [0.4, 0.5) is 11.4 Å². The van der Waals surface area contributed by atoms with Gasteiger partial charge in [-0.15, -0.1) is 0 Å². The summed E-state index contributed by atoms with van der Waals surface area (Å²) in [6.07, 6.45) is 0. The zero-order chi connectivity index (χ0) is 13.0. The Hall–Kier alpha value is -2.36. The first-order valence-corrected chi connectivity index (χ1v) is 5.63. The molecule has 0 saturated carbocycles. The fourth-order valence-corrected chi connectivity index (χ4v) is 1.51. The second kappa shape index (κ2) is 5.31. The Morgan fingerprint density at radius 2 is 1.67 bits per heavy atom. The van der Waals surface area contributed by atoms with Gasteiger partial charge in [0.25, 0.3) is 0 Å². The van der Waals surface area contributed by atoms with Crippen LogP contribution in [-0.2, 0) is 0 Å². The monoisotopic (exact) mass is 244 g/mol. The van der Waals surface area contributed by atoms with Crippen molar-refractivity contribution in [2.75, 3.05) is 18.3 Å². The molecule has 0 saturated heterocycles. The third-order valence-corrected chi connectivity index (χ3v) is 2.65. The molecule has 0 spiro atoms. The summed E-state index contributed by atoms with van der Waals surface area (Å²) < 4.78 is 11.0. The van der Waals surface area contributed by atoms with Crippen LogP contribution >= 0.6 is 0 Å². The molecular formula is C14H16N2O2. The van der Waals surface area contributed by atoms with Gasteiger partial charge in [0, 0.05) is 16.9 Å². The molecule has 0 amide bonds. The molecule has 0 aromatic heterocycles. The molecule has 2 aromatic carbocycles. The van der Waals surface area contributed by atoms with Gasteiger partial charge in [-0.3, -0.25) is 0 Å². The summed E-state index contributed by atoms with van der Waals surface area (Å²) in [7, 11) is 0. The van der Waals surface area contributed by atoms with Gasteiger partial charge in [0.05, 0.1) is 0 Å². The second-order valence-electron chi connectivity index (χ2n) is 3.95. The zero-order valence-corrected chi connectivity index (χ0v) is 10.2. The summed E-state index contributed by atoms with van der Waals surface area (Å²) in [5.41, 5.74) is 13.7. The first kappa shape index (κ1) is 12.1. The van der Waals surface area contributed by atoms with E-state index in [9.17, 15) is 0 Å². The first-order valence-electron chi connectivity index (χ1n) is 5.63. The molecule has 0 unspecified atom stereocenters. The third kappa shape index (κ3) is 2.85. The summed E-state index contributed by atoms with van der Waals surface area (Å²) in [5.74, 6) is 1.44. The van der Waals surface area contributed by atoms with E-state index in [1.807, 2.05) is 25.1 Å². The van der Waals surface area contributed by atoms with E-state index in [2.05, 4.69) is 0 Å². The van der Waals surface area contributed by atoms with Crippen LogP contribution in [0.1, 0.15) is 5.56 Å². The van der Waals surface area contributed by atoms with Crippen molar-refractivity contribution in [3.05, 3.63) is 48.0 Å². The third-order valence-electron chi connectivity index (χ3n) is 2.65. The fourth-order valence-electron chi connectivity index (χ4n) is 1.51. The van der Waals surface area contributed by atoms with Crippen LogP contribution in [0.25, 0.3) is 0 Å².